The van der Waals surface area contributed by atoms with E-state index in [1.165, 1.54) is 0 Å². The predicted octanol–water partition coefficient (Wildman–Crippen LogP) is 2.97. The summed E-state index contributed by atoms with van der Waals surface area (Å²) < 4.78 is 0. The van der Waals surface area contributed by atoms with Crippen LogP contribution in [0.2, 0.25) is 5.02 Å². The van der Waals surface area contributed by atoms with Gasteiger partial charge in [-0.3, -0.25) is 0 Å². The van der Waals surface area contributed by atoms with Crippen molar-refractivity contribution in [2.45, 2.75) is 18.9 Å². The summed E-state index contributed by atoms with van der Waals surface area (Å²) in [5.41, 5.74) is -0.355. The average molecular weight is 303 g/mol. The Morgan fingerprint density at radius 3 is 2.79 bits per heavy atom. The van der Waals surface area contributed by atoms with E-state index in [-0.39, 0.29) is 12.6 Å². The van der Waals surface area contributed by atoms with Crippen molar-refractivity contribution >= 4 is 35.1 Å². The van der Waals surface area contributed by atoms with Crippen LogP contribution in [0, 0.1) is 0 Å². The molecule has 0 aliphatic carbocycles. The zero-order valence-electron chi connectivity index (χ0n) is 11.1. The van der Waals surface area contributed by atoms with E-state index in [0.717, 1.165) is 5.75 Å². The number of rotatable bonds is 6. The number of carbonyl (C=O) groups excluding carboxylic acids is 1. The molecule has 19 heavy (non-hydrogen) atoms. The van der Waals surface area contributed by atoms with Crippen molar-refractivity contribution in [1.82, 2.24) is 5.32 Å². The van der Waals surface area contributed by atoms with E-state index in [4.69, 9.17) is 11.6 Å². The van der Waals surface area contributed by atoms with Crippen LogP contribution in [0.5, 0.6) is 0 Å². The highest BCUT2D eigenvalue weighted by atomic mass is 35.5. The smallest absolute Gasteiger partial charge is 0.319 e. The number of benzene rings is 1. The van der Waals surface area contributed by atoms with Crippen LogP contribution in [0.15, 0.2) is 24.3 Å². The summed E-state index contributed by atoms with van der Waals surface area (Å²) in [5.74, 6) is 0.848. The molecule has 6 heteroatoms. The molecule has 0 unspecified atom stereocenters. The minimum Gasteiger partial charge on any atom is -0.388 e. The molecule has 0 aliphatic rings. The molecule has 0 bridgehead atoms. The summed E-state index contributed by atoms with van der Waals surface area (Å²) in [5, 5.41) is 15.8. The molecule has 1 atom stereocenters. The van der Waals surface area contributed by atoms with Gasteiger partial charge in [-0.15, -0.1) is 0 Å². The number of hydrogen-bond donors (Lipinski definition) is 3. The van der Waals surface area contributed by atoms with Gasteiger partial charge >= 0.3 is 6.03 Å². The highest BCUT2D eigenvalue weighted by Crippen LogP contribution is 2.20. The third-order valence-electron chi connectivity index (χ3n) is 2.60. The van der Waals surface area contributed by atoms with Gasteiger partial charge in [-0.05, 0) is 37.5 Å². The molecule has 106 valence electrons. The van der Waals surface area contributed by atoms with Gasteiger partial charge in [-0.1, -0.05) is 23.7 Å². The van der Waals surface area contributed by atoms with Crippen molar-refractivity contribution in [2.24, 2.45) is 0 Å². The van der Waals surface area contributed by atoms with Crippen molar-refractivity contribution in [2.75, 3.05) is 23.9 Å². The number of carbonyl (C=O) groups is 1. The molecule has 0 spiro atoms. The Morgan fingerprint density at radius 2 is 2.16 bits per heavy atom. The van der Waals surface area contributed by atoms with Crippen molar-refractivity contribution in [1.29, 1.82) is 0 Å². The number of anilines is 1. The summed E-state index contributed by atoms with van der Waals surface area (Å²) in [6, 6.07) is 6.62. The Kier molecular flexibility index (Phi) is 6.48. The van der Waals surface area contributed by atoms with Gasteiger partial charge in [0.05, 0.1) is 16.3 Å². The first-order chi connectivity index (χ1) is 8.94. The van der Waals surface area contributed by atoms with E-state index in [1.807, 2.05) is 6.26 Å². The third-order valence-corrected chi connectivity index (χ3v) is 3.54. The standard InChI is InChI=1S/C13H19ClN2O2S/c1-13(18,7-8-19-2)9-15-12(17)16-11-6-4-3-5-10(11)14/h3-6,18H,7-9H2,1-2H3,(H2,15,16,17)/t13-/m1/s1. The lowest BCUT2D eigenvalue weighted by Crippen LogP contribution is -2.42. The van der Waals surface area contributed by atoms with E-state index in [9.17, 15) is 9.90 Å². The van der Waals surface area contributed by atoms with Crippen LogP contribution >= 0.6 is 23.4 Å². The Morgan fingerprint density at radius 1 is 1.47 bits per heavy atom. The van der Waals surface area contributed by atoms with Crippen LogP contribution in [0.25, 0.3) is 0 Å². The molecule has 1 rings (SSSR count). The zero-order valence-corrected chi connectivity index (χ0v) is 12.6. The quantitative estimate of drug-likeness (QED) is 0.757. The monoisotopic (exact) mass is 302 g/mol. The second-order valence-electron chi connectivity index (χ2n) is 4.53. The Hall–Kier alpha value is -0.910. The molecule has 0 heterocycles. The lowest BCUT2D eigenvalue weighted by molar-refractivity contribution is 0.0599. The fourth-order valence-corrected chi connectivity index (χ4v) is 2.24. The Labute approximate surface area is 122 Å². The number of urea groups is 1. The van der Waals surface area contributed by atoms with Crippen LogP contribution in [-0.2, 0) is 0 Å². The molecule has 0 fully saturated rings. The molecule has 0 aromatic heterocycles. The summed E-state index contributed by atoms with van der Waals surface area (Å²) in [6.45, 7) is 1.91. The summed E-state index contributed by atoms with van der Waals surface area (Å²) in [7, 11) is 0. The van der Waals surface area contributed by atoms with Gasteiger partial charge in [0.2, 0.25) is 0 Å². The van der Waals surface area contributed by atoms with Gasteiger partial charge in [0.15, 0.2) is 0 Å². The molecular weight excluding hydrogens is 284 g/mol. The van der Waals surface area contributed by atoms with Gasteiger partial charge in [-0.2, -0.15) is 11.8 Å². The SMILES string of the molecule is CSCC[C@@](C)(O)CNC(=O)Nc1ccccc1Cl. The second kappa shape index (κ2) is 7.62. The fraction of sp³-hybridized carbons (Fsp3) is 0.462. The average Bonchev–Trinajstić information content (AvgIpc) is 2.37. The first-order valence-electron chi connectivity index (χ1n) is 5.95. The van der Waals surface area contributed by atoms with Gasteiger partial charge in [0.1, 0.15) is 0 Å². The highest BCUT2D eigenvalue weighted by molar-refractivity contribution is 7.98. The maximum absolute atomic E-state index is 11.7. The summed E-state index contributed by atoms with van der Waals surface area (Å²) in [4.78, 5) is 11.7. The molecule has 0 saturated heterocycles. The van der Waals surface area contributed by atoms with Gasteiger partial charge in [-0.25, -0.2) is 4.79 Å². The largest absolute Gasteiger partial charge is 0.388 e. The van der Waals surface area contributed by atoms with Gasteiger partial charge < -0.3 is 15.7 Å². The zero-order chi connectivity index (χ0) is 14.3. The number of nitrogens with one attached hydrogen (secondary N) is 2. The van der Waals surface area contributed by atoms with E-state index in [1.54, 1.807) is 43.0 Å². The van der Waals surface area contributed by atoms with Crippen molar-refractivity contribution in [3.8, 4) is 0 Å². The Bertz CT molecular complexity index is 427. The van der Waals surface area contributed by atoms with Crippen molar-refractivity contribution < 1.29 is 9.90 Å². The van der Waals surface area contributed by atoms with Gasteiger partial charge in [0.25, 0.3) is 0 Å². The molecule has 0 radical (unpaired) electrons. The van der Waals surface area contributed by atoms with Crippen LogP contribution < -0.4 is 10.6 Å². The minimum absolute atomic E-state index is 0.198. The first kappa shape index (κ1) is 16.1. The number of amides is 2. The second-order valence-corrected chi connectivity index (χ2v) is 5.92. The molecule has 2 amide bonds. The molecular formula is C13H19ClN2O2S. The normalized spacial score (nSPS) is 13.7. The van der Waals surface area contributed by atoms with Crippen molar-refractivity contribution in [3.63, 3.8) is 0 Å². The molecule has 0 saturated carbocycles. The molecule has 4 nitrogen and oxygen atoms in total. The minimum atomic E-state index is -0.902. The number of hydrogen-bond acceptors (Lipinski definition) is 3. The molecule has 3 N–H and O–H groups in total. The molecule has 1 aromatic rings. The molecule has 1 aromatic carbocycles. The summed E-state index contributed by atoms with van der Waals surface area (Å²) >= 11 is 7.59. The lowest BCUT2D eigenvalue weighted by Gasteiger charge is -2.23. The van der Waals surface area contributed by atoms with Crippen LogP contribution in [0.3, 0.4) is 0 Å². The third kappa shape index (κ3) is 6.18. The van der Waals surface area contributed by atoms with Crippen LogP contribution in [-0.4, -0.2) is 35.3 Å². The van der Waals surface area contributed by atoms with Crippen LogP contribution in [0.1, 0.15) is 13.3 Å². The van der Waals surface area contributed by atoms with Gasteiger partial charge in [0, 0.05) is 6.54 Å². The first-order valence-corrected chi connectivity index (χ1v) is 7.72. The fourth-order valence-electron chi connectivity index (χ4n) is 1.41. The maximum Gasteiger partial charge on any atom is 0.319 e. The van der Waals surface area contributed by atoms with E-state index >= 15 is 0 Å². The topological polar surface area (TPSA) is 61.4 Å². The molecule has 0 aliphatic heterocycles. The van der Waals surface area contributed by atoms with E-state index in [2.05, 4.69) is 10.6 Å². The van der Waals surface area contributed by atoms with Crippen molar-refractivity contribution in [3.05, 3.63) is 29.3 Å². The highest BCUT2D eigenvalue weighted by Gasteiger charge is 2.20. The number of thioether (sulfide) groups is 1. The van der Waals surface area contributed by atoms with E-state index in [0.29, 0.717) is 17.1 Å². The predicted molar refractivity (Wildman–Crippen MR) is 82.1 cm³/mol. The number of aliphatic hydroxyl groups is 1. The van der Waals surface area contributed by atoms with Crippen LogP contribution in [0.4, 0.5) is 10.5 Å². The lowest BCUT2D eigenvalue weighted by atomic mass is 10.0. The summed E-state index contributed by atoms with van der Waals surface area (Å²) in [6.07, 6.45) is 2.61. The number of halogens is 1. The maximum atomic E-state index is 11.7. The van der Waals surface area contributed by atoms with E-state index < -0.39 is 5.60 Å². The number of para-hydroxylation sites is 1. The Balaban J connectivity index is 2.42.